The summed E-state index contributed by atoms with van der Waals surface area (Å²) in [6.07, 6.45) is 2.58. The Kier molecular flexibility index (Phi) is 8.24. The number of carbonyl (C=O) groups is 4. The first-order chi connectivity index (χ1) is 24.6. The highest BCUT2D eigenvalue weighted by molar-refractivity contribution is 14.1. The van der Waals surface area contributed by atoms with Gasteiger partial charge in [0.15, 0.2) is 11.5 Å². The van der Waals surface area contributed by atoms with Gasteiger partial charge in [0.25, 0.3) is 11.8 Å². The smallest absolute Gasteiger partial charge is 0.260 e. The maximum Gasteiger partial charge on any atom is 0.260 e. The summed E-state index contributed by atoms with van der Waals surface area (Å²) < 4.78 is 6.14. The number of anilines is 1. The standard InChI is InChI=1S/C41H36IN3O6/c1-23-13-15-27(16-14-23)43-45-38(48)31-21-30-28(17-18-29-34(30)39(49)44(37(29)47)22-24-9-5-3-6-10-24)35(25-19-32(42)36(46)33(20-25)51-2)41(31,40(45)50)26-11-7-4-8-12-26/h3-17,19-20,29-31,34-35,43,46H,18,21-22H2,1-2H3. The number of rotatable bonds is 7. The summed E-state index contributed by atoms with van der Waals surface area (Å²) in [5.74, 6) is -4.38. The molecule has 2 saturated heterocycles. The lowest BCUT2D eigenvalue weighted by molar-refractivity contribution is -0.142. The van der Waals surface area contributed by atoms with Crippen LogP contribution in [0.4, 0.5) is 5.69 Å². The molecule has 4 aromatic rings. The van der Waals surface area contributed by atoms with E-state index in [9.17, 15) is 19.5 Å². The Morgan fingerprint density at radius 2 is 1.57 bits per heavy atom. The highest BCUT2D eigenvalue weighted by Crippen LogP contribution is 2.64. The van der Waals surface area contributed by atoms with Gasteiger partial charge in [0.05, 0.1) is 46.1 Å². The average Bonchev–Trinajstić information content (AvgIpc) is 3.51. The van der Waals surface area contributed by atoms with E-state index in [2.05, 4.69) is 5.43 Å². The predicted octanol–water partition coefficient (Wildman–Crippen LogP) is 6.50. The molecule has 2 aliphatic heterocycles. The molecule has 4 amide bonds. The molecule has 6 atom stereocenters. The van der Waals surface area contributed by atoms with Crippen molar-refractivity contribution in [3.63, 3.8) is 0 Å². The number of halogens is 1. The molecule has 2 aliphatic carbocycles. The van der Waals surface area contributed by atoms with Crippen LogP contribution in [-0.2, 0) is 31.1 Å². The second-order valence-electron chi connectivity index (χ2n) is 13.9. The van der Waals surface area contributed by atoms with Crippen LogP contribution in [0.15, 0.2) is 109 Å². The zero-order valence-corrected chi connectivity index (χ0v) is 30.2. The molecule has 0 aromatic heterocycles. The highest BCUT2D eigenvalue weighted by Gasteiger charge is 2.70. The average molecular weight is 794 g/mol. The molecule has 1 saturated carbocycles. The van der Waals surface area contributed by atoms with Gasteiger partial charge in [-0.1, -0.05) is 90.0 Å². The van der Waals surface area contributed by atoms with Gasteiger partial charge in [0, 0.05) is 5.92 Å². The Balaban J connectivity index is 1.32. The number of aryl methyl sites for hydroxylation is 1. The third-order valence-corrected chi connectivity index (χ3v) is 12.1. The van der Waals surface area contributed by atoms with Gasteiger partial charge in [-0.3, -0.25) is 29.5 Å². The minimum Gasteiger partial charge on any atom is -0.504 e. The van der Waals surface area contributed by atoms with E-state index < -0.39 is 46.8 Å². The first kappa shape index (κ1) is 33.2. The van der Waals surface area contributed by atoms with Crippen LogP contribution in [0.25, 0.3) is 0 Å². The number of benzene rings is 4. The minimum atomic E-state index is -1.41. The maximum absolute atomic E-state index is 15.3. The normalized spacial score (nSPS) is 26.8. The van der Waals surface area contributed by atoms with E-state index in [0.717, 1.165) is 21.7 Å². The molecule has 2 heterocycles. The number of hydrazine groups is 1. The van der Waals surface area contributed by atoms with Crippen LogP contribution in [0.3, 0.4) is 0 Å². The van der Waals surface area contributed by atoms with E-state index in [-0.39, 0.29) is 36.3 Å². The van der Waals surface area contributed by atoms with Crippen molar-refractivity contribution in [3.05, 3.63) is 135 Å². The molecule has 3 fully saturated rings. The number of methoxy groups -OCH3 is 1. The van der Waals surface area contributed by atoms with Crippen LogP contribution in [0.1, 0.15) is 41.0 Å². The van der Waals surface area contributed by atoms with Gasteiger partial charge in [0.2, 0.25) is 11.8 Å². The lowest BCUT2D eigenvalue weighted by atomic mass is 9.49. The third kappa shape index (κ3) is 5.09. The van der Waals surface area contributed by atoms with Crippen molar-refractivity contribution in [1.82, 2.24) is 9.91 Å². The summed E-state index contributed by atoms with van der Waals surface area (Å²) in [4.78, 5) is 59.9. The molecule has 258 valence electrons. The number of ether oxygens (including phenoxy) is 1. The lowest BCUT2D eigenvalue weighted by Gasteiger charge is -2.50. The topological polar surface area (TPSA) is 116 Å². The van der Waals surface area contributed by atoms with E-state index in [1.807, 2.05) is 127 Å². The summed E-state index contributed by atoms with van der Waals surface area (Å²) in [6.45, 7) is 2.14. The molecular formula is C41H36IN3O6. The van der Waals surface area contributed by atoms with Gasteiger partial charge in [-0.15, -0.1) is 0 Å². The fourth-order valence-corrected chi connectivity index (χ4v) is 9.65. The second kappa shape index (κ2) is 12.7. The number of amides is 4. The number of allylic oxidation sites excluding steroid dienone is 2. The van der Waals surface area contributed by atoms with Crippen molar-refractivity contribution in [2.75, 3.05) is 12.5 Å². The van der Waals surface area contributed by atoms with Gasteiger partial charge in [0.1, 0.15) is 0 Å². The molecule has 10 heteroatoms. The number of nitrogens with zero attached hydrogens (tertiary/aromatic N) is 2. The van der Waals surface area contributed by atoms with E-state index >= 15 is 4.79 Å². The Morgan fingerprint density at radius 1 is 0.882 bits per heavy atom. The monoisotopic (exact) mass is 793 g/mol. The minimum absolute atomic E-state index is 0.0261. The molecule has 4 aliphatic rings. The summed E-state index contributed by atoms with van der Waals surface area (Å²) >= 11 is 2.05. The molecule has 6 unspecified atom stereocenters. The fourth-order valence-electron chi connectivity index (χ4n) is 9.03. The van der Waals surface area contributed by atoms with Gasteiger partial charge < -0.3 is 9.84 Å². The van der Waals surface area contributed by atoms with Crippen molar-refractivity contribution in [2.24, 2.45) is 23.7 Å². The van der Waals surface area contributed by atoms with Gasteiger partial charge >= 0.3 is 0 Å². The lowest BCUT2D eigenvalue weighted by Crippen LogP contribution is -2.53. The van der Waals surface area contributed by atoms with Gasteiger partial charge in [-0.05, 0) is 89.2 Å². The number of imide groups is 2. The number of phenolic OH excluding ortho intramolecular Hbond substituents is 1. The number of phenols is 1. The maximum atomic E-state index is 15.3. The van der Waals surface area contributed by atoms with Crippen LogP contribution in [0.2, 0.25) is 0 Å². The zero-order chi connectivity index (χ0) is 35.6. The van der Waals surface area contributed by atoms with Crippen LogP contribution < -0.4 is 10.2 Å². The molecule has 0 radical (unpaired) electrons. The molecule has 2 N–H and O–H groups in total. The summed E-state index contributed by atoms with van der Waals surface area (Å²) in [7, 11) is 1.47. The van der Waals surface area contributed by atoms with E-state index in [0.29, 0.717) is 26.8 Å². The number of likely N-dealkylation sites (tertiary alicyclic amines) is 1. The van der Waals surface area contributed by atoms with Crippen LogP contribution in [-0.4, -0.2) is 45.8 Å². The number of fused-ring (bicyclic) bond motifs is 4. The van der Waals surface area contributed by atoms with E-state index in [1.165, 1.54) is 12.0 Å². The van der Waals surface area contributed by atoms with E-state index in [1.54, 1.807) is 6.07 Å². The summed E-state index contributed by atoms with van der Waals surface area (Å²) in [5, 5.41) is 12.1. The molecule has 9 nitrogen and oxygen atoms in total. The Labute approximate surface area is 309 Å². The third-order valence-electron chi connectivity index (χ3n) is 11.3. The van der Waals surface area contributed by atoms with Crippen molar-refractivity contribution in [3.8, 4) is 11.5 Å². The summed E-state index contributed by atoms with van der Waals surface area (Å²) in [6, 6.07) is 29.9. The number of carbonyl (C=O) groups excluding carboxylic acids is 4. The number of hydrogen-bond acceptors (Lipinski definition) is 7. The van der Waals surface area contributed by atoms with Gasteiger partial charge in [-0.25, -0.2) is 0 Å². The largest absolute Gasteiger partial charge is 0.504 e. The number of aromatic hydroxyl groups is 1. The fraction of sp³-hybridized carbons (Fsp3) is 0.268. The summed E-state index contributed by atoms with van der Waals surface area (Å²) in [5.41, 5.74) is 6.40. The van der Waals surface area contributed by atoms with E-state index in [4.69, 9.17) is 4.74 Å². The number of nitrogens with one attached hydrogen (secondary N) is 1. The molecule has 51 heavy (non-hydrogen) atoms. The Bertz CT molecular complexity index is 2100. The second-order valence-corrected chi connectivity index (χ2v) is 15.1. The molecule has 8 rings (SSSR count). The SMILES string of the molecule is COc1cc(C2C3=CCC4C(=O)N(Cc5ccccc5)C(=O)C4C3CC3C(=O)N(Nc4ccc(C)cc4)C(=O)C32c2ccccc2)cc(I)c1O. The predicted molar refractivity (Wildman–Crippen MR) is 198 cm³/mol. The van der Waals surface area contributed by atoms with Crippen molar-refractivity contribution in [2.45, 2.75) is 37.6 Å². The molecule has 0 spiro atoms. The zero-order valence-electron chi connectivity index (χ0n) is 28.1. The Hall–Kier alpha value is -4.97. The van der Waals surface area contributed by atoms with Crippen molar-refractivity contribution >= 4 is 51.9 Å². The van der Waals surface area contributed by atoms with Crippen LogP contribution in [0.5, 0.6) is 11.5 Å². The molecular weight excluding hydrogens is 757 g/mol. The molecule has 0 bridgehead atoms. The Morgan fingerprint density at radius 3 is 2.25 bits per heavy atom. The first-order valence-electron chi connectivity index (χ1n) is 17.1. The first-order valence-corrected chi connectivity index (χ1v) is 18.2. The number of hydrogen-bond donors (Lipinski definition) is 2. The van der Waals surface area contributed by atoms with Crippen LogP contribution in [0, 0.1) is 34.2 Å². The highest BCUT2D eigenvalue weighted by atomic mass is 127. The van der Waals surface area contributed by atoms with Crippen LogP contribution >= 0.6 is 22.6 Å². The molecule has 4 aromatic carbocycles. The van der Waals surface area contributed by atoms with Gasteiger partial charge in [-0.2, -0.15) is 5.01 Å². The van der Waals surface area contributed by atoms with Crippen molar-refractivity contribution in [1.29, 1.82) is 0 Å². The van der Waals surface area contributed by atoms with Crippen molar-refractivity contribution < 1.29 is 29.0 Å². The quantitative estimate of drug-likeness (QED) is 0.125.